The fourth-order valence-electron chi connectivity index (χ4n) is 12.8. The van der Waals surface area contributed by atoms with Crippen LogP contribution in [0.5, 0.6) is 23.0 Å². The first kappa shape index (κ1) is 29.2. The van der Waals surface area contributed by atoms with Gasteiger partial charge in [0.25, 0.3) is 0 Å². The minimum atomic E-state index is -0.211. The molecule has 8 aliphatic heterocycles. The Morgan fingerprint density at radius 2 is 0.979 bits per heavy atom. The highest BCUT2D eigenvalue weighted by Crippen LogP contribution is 2.78. The van der Waals surface area contributed by atoms with Gasteiger partial charge in [-0.15, -0.1) is 0 Å². The Morgan fingerprint density at radius 1 is 0.542 bits per heavy atom. The molecule has 0 amide bonds. The predicted octanol–water partition coefficient (Wildman–Crippen LogP) is 6.55. The van der Waals surface area contributed by atoms with Gasteiger partial charge in [-0.25, -0.2) is 0 Å². The number of fused-ring (bicyclic) bond motifs is 2. The molecule has 0 radical (unpaired) electrons. The summed E-state index contributed by atoms with van der Waals surface area (Å²) in [7, 11) is 6.85. The summed E-state index contributed by atoms with van der Waals surface area (Å²) < 4.78 is 61.0. The van der Waals surface area contributed by atoms with Crippen LogP contribution in [0.15, 0.2) is 24.3 Å². The van der Waals surface area contributed by atoms with Crippen molar-refractivity contribution in [3.63, 3.8) is 0 Å². The van der Waals surface area contributed by atoms with Crippen molar-refractivity contribution in [1.82, 2.24) is 0 Å². The van der Waals surface area contributed by atoms with Crippen LogP contribution in [0.3, 0.4) is 0 Å². The van der Waals surface area contributed by atoms with Crippen LogP contribution in [-0.4, -0.2) is 64.8 Å². The second-order valence-electron chi connectivity index (χ2n) is 15.7. The lowest BCUT2D eigenvalue weighted by Crippen LogP contribution is -2.66. The molecule has 256 valence electrons. The number of benzene rings is 2. The predicted molar refractivity (Wildman–Crippen MR) is 168 cm³/mol. The Kier molecular flexibility index (Phi) is 5.82. The topological polar surface area (TPSA) is 92.3 Å². The highest BCUT2D eigenvalue weighted by atomic mass is 16.8. The molecule has 14 rings (SSSR count). The van der Waals surface area contributed by atoms with Crippen molar-refractivity contribution >= 4 is 0 Å². The van der Waals surface area contributed by atoms with E-state index in [0.717, 1.165) is 61.5 Å². The van der Waals surface area contributed by atoms with Gasteiger partial charge in [0, 0.05) is 46.9 Å². The van der Waals surface area contributed by atoms with Gasteiger partial charge in [-0.05, 0) is 48.9 Å². The maximum Gasteiger partial charge on any atom is 0.171 e. The van der Waals surface area contributed by atoms with Crippen LogP contribution in [-0.2, 0) is 28.4 Å². The Labute approximate surface area is 280 Å². The molecule has 2 aromatic rings. The van der Waals surface area contributed by atoms with Crippen molar-refractivity contribution in [3.8, 4) is 23.0 Å². The normalized spacial score (nSPS) is 46.6. The number of ether oxygens (including phenoxy) is 10. The zero-order chi connectivity index (χ0) is 32.2. The number of hydrogen-bond donors (Lipinski definition) is 0. The van der Waals surface area contributed by atoms with Gasteiger partial charge in [-0.2, -0.15) is 0 Å². The highest BCUT2D eigenvalue weighted by molar-refractivity contribution is 5.58. The average Bonchev–Trinajstić information content (AvgIpc) is 3.49. The highest BCUT2D eigenvalue weighted by Gasteiger charge is 2.79. The minimum absolute atomic E-state index is 0.0132. The Morgan fingerprint density at radius 3 is 1.40 bits per heavy atom. The van der Waals surface area contributed by atoms with Crippen LogP contribution in [0.2, 0.25) is 0 Å². The van der Waals surface area contributed by atoms with E-state index in [1.165, 1.54) is 47.9 Å². The van der Waals surface area contributed by atoms with Gasteiger partial charge in [0.15, 0.2) is 25.2 Å². The van der Waals surface area contributed by atoms with Crippen LogP contribution >= 0.6 is 0 Å². The van der Waals surface area contributed by atoms with Gasteiger partial charge in [0.2, 0.25) is 0 Å². The number of methoxy groups -OCH3 is 4. The molecule has 2 saturated carbocycles. The summed E-state index contributed by atoms with van der Waals surface area (Å²) in [5.74, 6) is 3.59. The van der Waals surface area contributed by atoms with E-state index >= 15 is 0 Å². The van der Waals surface area contributed by atoms with Gasteiger partial charge in [0.1, 0.15) is 23.0 Å². The zero-order valence-corrected chi connectivity index (χ0v) is 28.1. The Bertz CT molecular complexity index is 1590. The van der Waals surface area contributed by atoms with Crippen LogP contribution < -0.4 is 18.9 Å². The van der Waals surface area contributed by atoms with Crippen molar-refractivity contribution in [1.29, 1.82) is 0 Å². The van der Waals surface area contributed by atoms with E-state index in [0.29, 0.717) is 0 Å². The maximum atomic E-state index is 6.57. The Balaban J connectivity index is 0.000000117. The summed E-state index contributed by atoms with van der Waals surface area (Å²) in [5.41, 5.74) is 4.68. The lowest BCUT2D eigenvalue weighted by molar-refractivity contribution is -0.386. The van der Waals surface area contributed by atoms with E-state index in [-0.39, 0.29) is 71.2 Å². The van der Waals surface area contributed by atoms with Gasteiger partial charge >= 0.3 is 0 Å². The summed E-state index contributed by atoms with van der Waals surface area (Å²) in [6.07, 6.45) is 10.7. The van der Waals surface area contributed by atoms with Crippen molar-refractivity contribution in [2.75, 3.05) is 28.4 Å². The van der Waals surface area contributed by atoms with Gasteiger partial charge in [-0.3, -0.25) is 0 Å². The largest absolute Gasteiger partial charge is 0.497 e. The van der Waals surface area contributed by atoms with Crippen LogP contribution in [0.25, 0.3) is 0 Å². The molecule has 0 aromatic heterocycles. The van der Waals surface area contributed by atoms with E-state index in [9.17, 15) is 0 Å². The van der Waals surface area contributed by atoms with Crippen LogP contribution in [0.4, 0.5) is 0 Å². The molecular weight excluding hydrogens is 616 g/mol. The molecule has 2 aromatic carbocycles. The zero-order valence-electron chi connectivity index (χ0n) is 28.1. The third-order valence-corrected chi connectivity index (χ3v) is 14.3. The first-order chi connectivity index (χ1) is 23.4. The molecular formula is C38H44O10. The van der Waals surface area contributed by atoms with Gasteiger partial charge in [0.05, 0.1) is 63.7 Å². The summed E-state index contributed by atoms with van der Waals surface area (Å²) in [5, 5.41) is 0. The summed E-state index contributed by atoms with van der Waals surface area (Å²) in [6.45, 7) is 0. The second kappa shape index (κ2) is 9.59. The SMILES string of the molecule is COc1cc(OC)c2c(c1)[C@@H]1O[C@H]3O[C@H]4C[C@@]15CCCC[C@@]5(O4)[C@@H]23.COc1cc(OC)c2c(c1)[C@H]1O[C@@H]3O[C@@H]4C[C@]15CCCC[C@]5(O4)[C@H]23. The van der Waals surface area contributed by atoms with Crippen molar-refractivity contribution < 1.29 is 47.4 Å². The maximum absolute atomic E-state index is 6.57. The van der Waals surface area contributed by atoms with E-state index in [1.54, 1.807) is 28.4 Å². The van der Waals surface area contributed by atoms with Crippen molar-refractivity contribution in [2.45, 2.75) is 125 Å². The molecule has 10 heteroatoms. The lowest BCUT2D eigenvalue weighted by atomic mass is 9.49. The van der Waals surface area contributed by atoms with E-state index < -0.39 is 0 Å². The van der Waals surface area contributed by atoms with Gasteiger partial charge in [-0.1, -0.05) is 25.7 Å². The quantitative estimate of drug-likeness (QED) is 0.360. The summed E-state index contributed by atoms with van der Waals surface area (Å²) >= 11 is 0. The molecule has 12 aliphatic rings. The third-order valence-electron chi connectivity index (χ3n) is 14.3. The van der Waals surface area contributed by atoms with E-state index in [1.807, 2.05) is 12.1 Å². The molecule has 0 unspecified atom stereocenters. The minimum Gasteiger partial charge on any atom is -0.497 e. The van der Waals surface area contributed by atoms with E-state index in [4.69, 9.17) is 47.4 Å². The molecule has 12 atom stereocenters. The fourth-order valence-corrected chi connectivity index (χ4v) is 12.8. The molecule has 6 saturated heterocycles. The molecule has 10 bridgehead atoms. The average molecular weight is 661 g/mol. The molecule has 0 N–H and O–H groups in total. The second-order valence-corrected chi connectivity index (χ2v) is 15.7. The van der Waals surface area contributed by atoms with Crippen molar-refractivity contribution in [2.24, 2.45) is 10.8 Å². The smallest absolute Gasteiger partial charge is 0.171 e. The van der Waals surface area contributed by atoms with E-state index in [2.05, 4.69) is 12.1 Å². The van der Waals surface area contributed by atoms with Gasteiger partial charge < -0.3 is 47.4 Å². The standard InChI is InChI=1S/2C19H22O5/c2*1-20-10-7-11-14(12(8-10)21-2)15-17-22-13-9-18(16(11)23-17)5-3-4-6-19(15,18)24-13/h2*7-8,13,15-17H,3-6,9H2,1-2H3/t2*13-,15+,16+,17-,18+,19-/m10/s1. The van der Waals surface area contributed by atoms with Crippen LogP contribution in [0.1, 0.15) is 111 Å². The first-order valence-corrected chi connectivity index (χ1v) is 17.9. The summed E-state index contributed by atoms with van der Waals surface area (Å²) in [6, 6.07) is 8.23. The fraction of sp³-hybridized carbons (Fsp3) is 0.684. The molecule has 2 spiro atoms. The monoisotopic (exact) mass is 660 g/mol. The summed E-state index contributed by atoms with van der Waals surface area (Å²) in [4.78, 5) is 0. The number of hydrogen-bond acceptors (Lipinski definition) is 10. The third kappa shape index (κ3) is 3.15. The lowest BCUT2D eigenvalue weighted by Gasteiger charge is -2.64. The number of rotatable bonds is 4. The Hall–Kier alpha value is -2.60. The first-order valence-electron chi connectivity index (χ1n) is 17.9. The molecule has 8 heterocycles. The molecule has 10 nitrogen and oxygen atoms in total. The van der Waals surface area contributed by atoms with Crippen LogP contribution in [0, 0.1) is 10.8 Å². The molecule has 48 heavy (non-hydrogen) atoms. The molecule has 4 aliphatic carbocycles. The molecule has 8 fully saturated rings. The van der Waals surface area contributed by atoms with Crippen molar-refractivity contribution in [3.05, 3.63) is 46.5 Å².